The summed E-state index contributed by atoms with van der Waals surface area (Å²) >= 11 is 5.08. The summed E-state index contributed by atoms with van der Waals surface area (Å²) in [5, 5.41) is 3.10. The molecule has 0 aromatic rings. The van der Waals surface area contributed by atoms with E-state index in [-0.39, 0.29) is 17.9 Å². The minimum Gasteiger partial charge on any atom is -0.392 e. The lowest BCUT2D eigenvalue weighted by molar-refractivity contribution is -0.126. The Bertz CT molecular complexity index is 346. The summed E-state index contributed by atoms with van der Waals surface area (Å²) in [6.45, 7) is 2.24. The maximum Gasteiger partial charge on any atom is 0.223 e. The van der Waals surface area contributed by atoms with Crippen LogP contribution >= 0.6 is 12.2 Å². The molecule has 1 amide bonds. The molecule has 0 radical (unpaired) electrons. The zero-order valence-corrected chi connectivity index (χ0v) is 13.4. The molecule has 3 N–H and O–H groups in total. The molecule has 2 aliphatic carbocycles. The first-order valence-corrected chi connectivity index (χ1v) is 8.62. The third-order valence-electron chi connectivity index (χ3n) is 4.88. The summed E-state index contributed by atoms with van der Waals surface area (Å²) in [4.78, 5) is 12.8. The third kappa shape index (κ3) is 4.44. The Morgan fingerprint density at radius 1 is 1.25 bits per heavy atom. The average Bonchev–Trinajstić information content (AvgIpc) is 3.27. The van der Waals surface area contributed by atoms with E-state index < -0.39 is 0 Å². The van der Waals surface area contributed by atoms with Crippen LogP contribution in [0.25, 0.3) is 0 Å². The normalized spacial score (nSPS) is 27.9. The van der Waals surface area contributed by atoms with Crippen molar-refractivity contribution < 1.29 is 4.79 Å². The number of nitrogens with two attached hydrogens (primary N) is 1. The topological polar surface area (TPSA) is 55.1 Å². The Labute approximate surface area is 128 Å². The van der Waals surface area contributed by atoms with Gasteiger partial charge < -0.3 is 11.1 Å². The quantitative estimate of drug-likeness (QED) is 0.710. The highest BCUT2D eigenvalue weighted by Crippen LogP contribution is 2.35. The van der Waals surface area contributed by atoms with Gasteiger partial charge in [0, 0.05) is 5.92 Å². The molecule has 20 heavy (non-hydrogen) atoms. The van der Waals surface area contributed by atoms with E-state index in [1.54, 1.807) is 0 Å². The molecule has 0 saturated heterocycles. The summed E-state index contributed by atoms with van der Waals surface area (Å²) in [5.74, 6) is 1.71. The fraction of sp³-hybridized carbons (Fsp3) is 0.875. The van der Waals surface area contributed by atoms with Crippen molar-refractivity contribution in [1.82, 2.24) is 5.32 Å². The van der Waals surface area contributed by atoms with Crippen molar-refractivity contribution >= 4 is 23.1 Å². The number of amides is 1. The van der Waals surface area contributed by atoms with Gasteiger partial charge in [0.2, 0.25) is 5.91 Å². The average molecular weight is 296 g/mol. The zero-order valence-electron chi connectivity index (χ0n) is 12.6. The van der Waals surface area contributed by atoms with Crippen LogP contribution in [0, 0.1) is 17.8 Å². The lowest BCUT2D eigenvalue weighted by Crippen LogP contribution is -2.47. The number of carbonyl (C=O) groups excluding carboxylic acids is 1. The number of hydrogen-bond acceptors (Lipinski definition) is 2. The van der Waals surface area contributed by atoms with Gasteiger partial charge in [0.25, 0.3) is 0 Å². The Balaban J connectivity index is 1.75. The third-order valence-corrected chi connectivity index (χ3v) is 5.14. The maximum atomic E-state index is 12.3. The van der Waals surface area contributed by atoms with Crippen LogP contribution in [0.3, 0.4) is 0 Å². The van der Waals surface area contributed by atoms with Crippen molar-refractivity contribution in [2.75, 3.05) is 0 Å². The Morgan fingerprint density at radius 2 is 1.90 bits per heavy atom. The van der Waals surface area contributed by atoms with Gasteiger partial charge in [0.15, 0.2) is 0 Å². The Hall–Kier alpha value is -0.640. The van der Waals surface area contributed by atoms with E-state index in [0.29, 0.717) is 10.9 Å². The van der Waals surface area contributed by atoms with E-state index in [9.17, 15) is 4.79 Å². The fourth-order valence-electron chi connectivity index (χ4n) is 3.33. The van der Waals surface area contributed by atoms with E-state index >= 15 is 0 Å². The van der Waals surface area contributed by atoms with E-state index in [1.165, 1.54) is 32.1 Å². The first-order chi connectivity index (χ1) is 9.61. The molecule has 2 fully saturated rings. The summed E-state index contributed by atoms with van der Waals surface area (Å²) in [7, 11) is 0. The van der Waals surface area contributed by atoms with E-state index in [0.717, 1.165) is 31.6 Å². The standard InChI is InChI=1S/C16H28N2OS/c1-2-3-4-11-5-7-13(8-6-11)16(19)18-14(15(17)20)12-9-10-12/h11-14H,2-10H2,1H3,(H2,17,20)(H,18,19). The molecule has 4 heteroatoms. The van der Waals surface area contributed by atoms with Crippen molar-refractivity contribution in [1.29, 1.82) is 0 Å². The maximum absolute atomic E-state index is 12.3. The molecule has 1 unspecified atom stereocenters. The molecule has 2 saturated carbocycles. The number of rotatable bonds is 7. The molecule has 0 spiro atoms. The minimum atomic E-state index is -0.0599. The molecule has 0 aromatic heterocycles. The Morgan fingerprint density at radius 3 is 2.40 bits per heavy atom. The van der Waals surface area contributed by atoms with Gasteiger partial charge in [-0.05, 0) is 50.4 Å². The van der Waals surface area contributed by atoms with Crippen LogP contribution in [-0.4, -0.2) is 16.9 Å². The summed E-state index contributed by atoms with van der Waals surface area (Å²) in [6, 6.07) is -0.0599. The van der Waals surface area contributed by atoms with Crippen molar-refractivity contribution in [3.8, 4) is 0 Å². The van der Waals surface area contributed by atoms with Crippen LogP contribution in [0.2, 0.25) is 0 Å². The van der Waals surface area contributed by atoms with Gasteiger partial charge in [-0.25, -0.2) is 0 Å². The van der Waals surface area contributed by atoms with E-state index in [4.69, 9.17) is 18.0 Å². The Kier molecular flexibility index (Phi) is 5.82. The number of carbonyl (C=O) groups is 1. The van der Waals surface area contributed by atoms with Gasteiger partial charge >= 0.3 is 0 Å². The van der Waals surface area contributed by atoms with E-state index in [2.05, 4.69) is 12.2 Å². The number of thiocarbonyl (C=S) groups is 1. The van der Waals surface area contributed by atoms with Crippen LogP contribution in [0.15, 0.2) is 0 Å². The molecule has 1 atom stereocenters. The lowest BCUT2D eigenvalue weighted by atomic mass is 9.79. The number of nitrogens with one attached hydrogen (secondary N) is 1. The SMILES string of the molecule is CCCCC1CCC(C(=O)NC(C(N)=S)C2CC2)CC1. The van der Waals surface area contributed by atoms with Crippen LogP contribution in [-0.2, 0) is 4.79 Å². The van der Waals surface area contributed by atoms with Gasteiger partial charge in [-0.15, -0.1) is 0 Å². The van der Waals surface area contributed by atoms with Crippen molar-refractivity contribution in [2.45, 2.75) is 70.8 Å². The molecule has 114 valence electrons. The lowest BCUT2D eigenvalue weighted by Gasteiger charge is -2.29. The number of hydrogen-bond donors (Lipinski definition) is 2. The second-order valence-corrected chi connectivity index (χ2v) is 7.06. The molecule has 0 aromatic carbocycles. The van der Waals surface area contributed by atoms with Crippen molar-refractivity contribution in [3.63, 3.8) is 0 Å². The van der Waals surface area contributed by atoms with Gasteiger partial charge in [-0.3, -0.25) is 4.79 Å². The van der Waals surface area contributed by atoms with Gasteiger partial charge in [-0.2, -0.15) is 0 Å². The largest absolute Gasteiger partial charge is 0.392 e. The summed E-state index contributed by atoms with van der Waals surface area (Å²) < 4.78 is 0. The molecular weight excluding hydrogens is 268 g/mol. The smallest absolute Gasteiger partial charge is 0.223 e. The van der Waals surface area contributed by atoms with Gasteiger partial charge in [-0.1, -0.05) is 38.4 Å². The summed E-state index contributed by atoms with van der Waals surface area (Å²) in [5.41, 5.74) is 5.75. The predicted octanol–water partition coefficient (Wildman–Crippen LogP) is 3.16. The molecule has 0 bridgehead atoms. The highest BCUT2D eigenvalue weighted by molar-refractivity contribution is 7.80. The second-order valence-electron chi connectivity index (χ2n) is 6.59. The molecule has 2 aliphatic rings. The van der Waals surface area contributed by atoms with Crippen LogP contribution in [0.5, 0.6) is 0 Å². The number of unbranched alkanes of at least 4 members (excludes halogenated alkanes) is 1. The molecule has 0 heterocycles. The molecule has 0 aliphatic heterocycles. The van der Waals surface area contributed by atoms with E-state index in [1.807, 2.05) is 0 Å². The van der Waals surface area contributed by atoms with Crippen molar-refractivity contribution in [2.24, 2.45) is 23.5 Å². The monoisotopic (exact) mass is 296 g/mol. The van der Waals surface area contributed by atoms with Crippen molar-refractivity contribution in [3.05, 3.63) is 0 Å². The first kappa shape index (κ1) is 15.7. The van der Waals surface area contributed by atoms with Crippen LogP contribution in [0.4, 0.5) is 0 Å². The summed E-state index contributed by atoms with van der Waals surface area (Å²) in [6.07, 6.45) is 10.7. The molecule has 2 rings (SSSR count). The minimum absolute atomic E-state index is 0.0599. The molecular formula is C16H28N2OS. The highest BCUT2D eigenvalue weighted by Gasteiger charge is 2.36. The van der Waals surface area contributed by atoms with Crippen LogP contribution in [0.1, 0.15) is 64.7 Å². The molecule has 3 nitrogen and oxygen atoms in total. The van der Waals surface area contributed by atoms with Gasteiger partial charge in [0.05, 0.1) is 11.0 Å². The fourth-order valence-corrected chi connectivity index (χ4v) is 3.58. The zero-order chi connectivity index (χ0) is 14.5. The highest BCUT2D eigenvalue weighted by atomic mass is 32.1. The first-order valence-electron chi connectivity index (χ1n) is 8.21. The predicted molar refractivity (Wildman–Crippen MR) is 86.4 cm³/mol. The van der Waals surface area contributed by atoms with Gasteiger partial charge in [0.1, 0.15) is 0 Å². The van der Waals surface area contributed by atoms with Crippen LogP contribution < -0.4 is 11.1 Å². The second kappa shape index (κ2) is 7.39.